The normalized spacial score (nSPS) is 33.9. The fraction of sp³-hybridized carbons (Fsp3) is 0.880. The summed E-state index contributed by atoms with van der Waals surface area (Å²) in [4.78, 5) is 52.1. The van der Waals surface area contributed by atoms with Gasteiger partial charge in [0.2, 0.25) is 19.2 Å². The molecule has 4 aliphatic rings. The first kappa shape index (κ1) is 27.4. The maximum atomic E-state index is 13.6. The molecule has 2 aliphatic heterocycles. The number of amides is 3. The SMILES string of the molecule is NCCP(=O)(O)[C@@]12C[C@H]1CCCCCCC[C@H](NC(=O)OC1CCCC1)C(=O)N1CCC[C@H]1C(=O)N2. The number of hydrogen-bond donors (Lipinski definition) is 4. The van der Waals surface area contributed by atoms with Crippen molar-refractivity contribution in [3.63, 3.8) is 0 Å². The lowest BCUT2D eigenvalue weighted by Crippen LogP contribution is -2.55. The molecular formula is C25H43N4O6P. The molecule has 4 fully saturated rings. The summed E-state index contributed by atoms with van der Waals surface area (Å²) < 4.78 is 18.8. The molecule has 5 atom stereocenters. The van der Waals surface area contributed by atoms with Gasteiger partial charge in [0.1, 0.15) is 23.5 Å². The van der Waals surface area contributed by atoms with E-state index < -0.39 is 30.8 Å². The van der Waals surface area contributed by atoms with Crippen LogP contribution in [0.15, 0.2) is 0 Å². The summed E-state index contributed by atoms with van der Waals surface area (Å²) in [5, 5.41) is 4.61. The minimum atomic E-state index is -3.71. The minimum absolute atomic E-state index is 0.0355. The Labute approximate surface area is 213 Å². The zero-order valence-electron chi connectivity index (χ0n) is 21.3. The number of fused-ring (bicyclic) bond motifs is 2. The first-order valence-electron chi connectivity index (χ1n) is 13.9. The summed E-state index contributed by atoms with van der Waals surface area (Å²) in [6.07, 6.45) is 10.6. The fourth-order valence-electron chi connectivity index (χ4n) is 6.36. The van der Waals surface area contributed by atoms with Gasteiger partial charge in [-0.1, -0.05) is 32.1 Å². The zero-order chi connectivity index (χ0) is 25.8. The van der Waals surface area contributed by atoms with Crippen LogP contribution in [-0.4, -0.2) is 70.4 Å². The van der Waals surface area contributed by atoms with Gasteiger partial charge >= 0.3 is 6.09 Å². The number of nitrogens with zero attached hydrogens (tertiary/aromatic N) is 1. The zero-order valence-corrected chi connectivity index (χ0v) is 22.2. The summed E-state index contributed by atoms with van der Waals surface area (Å²) in [5.74, 6) is -0.697. The molecule has 0 spiro atoms. The summed E-state index contributed by atoms with van der Waals surface area (Å²) in [7, 11) is -3.71. The van der Waals surface area contributed by atoms with Crippen molar-refractivity contribution in [2.24, 2.45) is 11.7 Å². The molecule has 0 radical (unpaired) electrons. The number of nitrogens with two attached hydrogens (primary N) is 1. The summed E-state index contributed by atoms with van der Waals surface area (Å²) >= 11 is 0. The van der Waals surface area contributed by atoms with Gasteiger partial charge in [-0.3, -0.25) is 14.2 Å². The first-order valence-corrected chi connectivity index (χ1v) is 15.7. The Balaban J connectivity index is 1.50. The molecule has 36 heavy (non-hydrogen) atoms. The number of rotatable bonds is 5. The number of hydrogen-bond acceptors (Lipinski definition) is 6. The molecular weight excluding hydrogens is 483 g/mol. The maximum absolute atomic E-state index is 13.6. The lowest BCUT2D eigenvalue weighted by atomic mass is 10.0. The van der Waals surface area contributed by atoms with Crippen LogP contribution in [0.25, 0.3) is 0 Å². The molecule has 0 aromatic carbocycles. The van der Waals surface area contributed by atoms with E-state index in [1.165, 1.54) is 0 Å². The molecule has 1 unspecified atom stereocenters. The molecule has 0 aromatic rings. The Morgan fingerprint density at radius 1 is 1.06 bits per heavy atom. The van der Waals surface area contributed by atoms with Crippen molar-refractivity contribution < 1.29 is 28.6 Å². The largest absolute Gasteiger partial charge is 0.446 e. The van der Waals surface area contributed by atoms with Gasteiger partial charge in [0.15, 0.2) is 0 Å². The number of nitrogens with one attached hydrogen (secondary N) is 2. The highest BCUT2D eigenvalue weighted by Gasteiger charge is 2.65. The smallest absolute Gasteiger partial charge is 0.408 e. The van der Waals surface area contributed by atoms with Crippen LogP contribution in [-0.2, 0) is 18.9 Å². The van der Waals surface area contributed by atoms with Crippen molar-refractivity contribution in [1.82, 2.24) is 15.5 Å². The summed E-state index contributed by atoms with van der Waals surface area (Å²) in [6.45, 7) is 0.499. The van der Waals surface area contributed by atoms with E-state index in [-0.39, 0.29) is 36.5 Å². The molecule has 2 heterocycles. The molecule has 10 nitrogen and oxygen atoms in total. The van der Waals surface area contributed by atoms with E-state index in [1.807, 2.05) is 0 Å². The van der Waals surface area contributed by atoms with E-state index in [2.05, 4.69) is 10.6 Å². The Kier molecular flexibility index (Phi) is 9.00. The lowest BCUT2D eigenvalue weighted by molar-refractivity contribution is -0.140. The third-order valence-corrected chi connectivity index (χ3v) is 11.3. The van der Waals surface area contributed by atoms with Crippen LogP contribution in [0.4, 0.5) is 4.79 Å². The molecule has 2 saturated heterocycles. The Hall–Kier alpha value is -1.64. The van der Waals surface area contributed by atoms with Crippen LogP contribution in [0.5, 0.6) is 0 Å². The van der Waals surface area contributed by atoms with E-state index in [1.54, 1.807) is 4.90 Å². The average molecular weight is 527 g/mol. The van der Waals surface area contributed by atoms with Gasteiger partial charge < -0.3 is 30.9 Å². The Morgan fingerprint density at radius 2 is 1.72 bits per heavy atom. The minimum Gasteiger partial charge on any atom is -0.446 e. The molecule has 0 bridgehead atoms. The van der Waals surface area contributed by atoms with Crippen LogP contribution in [0, 0.1) is 5.92 Å². The summed E-state index contributed by atoms with van der Waals surface area (Å²) in [5.41, 5.74) is 5.63. The van der Waals surface area contributed by atoms with Crippen molar-refractivity contribution in [1.29, 1.82) is 0 Å². The highest BCUT2D eigenvalue weighted by atomic mass is 31.2. The van der Waals surface area contributed by atoms with Crippen molar-refractivity contribution in [3.8, 4) is 0 Å². The van der Waals surface area contributed by atoms with Crippen LogP contribution >= 0.6 is 7.37 Å². The van der Waals surface area contributed by atoms with E-state index in [4.69, 9.17) is 10.5 Å². The molecule has 2 saturated carbocycles. The van der Waals surface area contributed by atoms with E-state index in [0.717, 1.165) is 64.2 Å². The van der Waals surface area contributed by atoms with E-state index in [0.29, 0.717) is 32.2 Å². The highest BCUT2D eigenvalue weighted by molar-refractivity contribution is 7.60. The second-order valence-corrected chi connectivity index (χ2v) is 13.7. The number of carbonyl (C=O) groups is 3. The second-order valence-electron chi connectivity index (χ2n) is 11.1. The monoisotopic (exact) mass is 526 g/mol. The molecule has 0 aromatic heterocycles. The highest BCUT2D eigenvalue weighted by Crippen LogP contribution is 2.70. The topological polar surface area (TPSA) is 151 Å². The average Bonchev–Trinajstić information content (AvgIpc) is 3.19. The fourth-order valence-corrected chi connectivity index (χ4v) is 8.60. The maximum Gasteiger partial charge on any atom is 0.408 e. The van der Waals surface area contributed by atoms with Crippen LogP contribution in [0.3, 0.4) is 0 Å². The standard InChI is InChI=1S/C25H43N4O6P/c26-14-16-36(33,34)25-17-18(25)9-4-2-1-3-5-12-20(27-24(32)35-19-10-6-7-11-19)23(31)29-15-8-13-21(29)22(30)28-25/h18-21H,1-17,26H2,(H,27,32)(H,28,30)(H,33,34)/t18-,20+,21+,25+/m1/s1. The Morgan fingerprint density at radius 3 is 2.44 bits per heavy atom. The van der Waals surface area contributed by atoms with Crippen molar-refractivity contribution in [2.45, 2.75) is 113 Å². The van der Waals surface area contributed by atoms with E-state index >= 15 is 0 Å². The van der Waals surface area contributed by atoms with Crippen LogP contribution < -0.4 is 16.4 Å². The first-order chi connectivity index (χ1) is 17.3. The predicted molar refractivity (Wildman–Crippen MR) is 135 cm³/mol. The molecule has 11 heteroatoms. The predicted octanol–water partition coefficient (Wildman–Crippen LogP) is 2.82. The van der Waals surface area contributed by atoms with Gasteiger partial charge in [-0.2, -0.15) is 0 Å². The number of ether oxygens (including phenoxy) is 1. The van der Waals surface area contributed by atoms with Gasteiger partial charge in [0, 0.05) is 19.3 Å². The van der Waals surface area contributed by atoms with Gasteiger partial charge in [-0.05, 0) is 63.7 Å². The summed E-state index contributed by atoms with van der Waals surface area (Å²) in [6, 6.07) is -1.46. The number of alkyl carbamates (subject to hydrolysis) is 1. The lowest BCUT2D eigenvalue weighted by Gasteiger charge is -2.31. The van der Waals surface area contributed by atoms with Crippen LogP contribution in [0.2, 0.25) is 0 Å². The van der Waals surface area contributed by atoms with Gasteiger partial charge in [0.05, 0.1) is 0 Å². The van der Waals surface area contributed by atoms with Gasteiger partial charge in [-0.15, -0.1) is 0 Å². The van der Waals surface area contributed by atoms with Crippen LogP contribution in [0.1, 0.15) is 89.9 Å². The number of carbonyl (C=O) groups excluding carboxylic acids is 3. The van der Waals surface area contributed by atoms with Crippen molar-refractivity contribution in [2.75, 3.05) is 19.3 Å². The van der Waals surface area contributed by atoms with Gasteiger partial charge in [-0.25, -0.2) is 4.79 Å². The quantitative estimate of drug-likeness (QED) is 0.402. The second kappa shape index (κ2) is 11.8. The van der Waals surface area contributed by atoms with Gasteiger partial charge in [0.25, 0.3) is 0 Å². The third kappa shape index (κ3) is 6.08. The molecule has 204 valence electrons. The van der Waals surface area contributed by atoms with Crippen molar-refractivity contribution >= 4 is 25.3 Å². The van der Waals surface area contributed by atoms with E-state index in [9.17, 15) is 23.8 Å². The molecule has 2 aliphatic carbocycles. The Bertz CT molecular complexity index is 865. The van der Waals surface area contributed by atoms with Crippen molar-refractivity contribution in [3.05, 3.63) is 0 Å². The third-order valence-electron chi connectivity index (χ3n) is 8.52. The molecule has 5 N–H and O–H groups in total. The molecule has 4 rings (SSSR count). The molecule has 3 amide bonds.